The molecular weight excluding hydrogens is 396 g/mol. The number of ketones is 1. The van der Waals surface area contributed by atoms with Gasteiger partial charge in [0.05, 0.1) is 10.5 Å². The summed E-state index contributed by atoms with van der Waals surface area (Å²) in [4.78, 5) is 38.1. The Morgan fingerprint density at radius 3 is 2.38 bits per heavy atom. The molecule has 2 aromatic carbocycles. The first-order valence-corrected chi connectivity index (χ1v) is 8.97. The van der Waals surface area contributed by atoms with Gasteiger partial charge < -0.3 is 15.5 Å². The van der Waals surface area contributed by atoms with Gasteiger partial charge in [0.15, 0.2) is 5.78 Å². The first-order valence-electron chi connectivity index (χ1n) is 8.97. The molecule has 0 radical (unpaired) electrons. The molecule has 8 nitrogen and oxygen atoms in total. The first-order chi connectivity index (χ1) is 13.4. The molecule has 0 bridgehead atoms. The van der Waals surface area contributed by atoms with Crippen LogP contribution in [0.4, 0.5) is 11.4 Å². The fraction of sp³-hybridized carbons (Fsp3) is 0.300. The van der Waals surface area contributed by atoms with Crippen molar-refractivity contribution >= 4 is 35.5 Å². The lowest BCUT2D eigenvalue weighted by atomic mass is 9.96. The molecular formula is C20H23ClN4O4. The van der Waals surface area contributed by atoms with Crippen molar-refractivity contribution in [1.29, 1.82) is 0 Å². The molecule has 9 heteroatoms. The number of halogens is 1. The molecule has 1 heterocycles. The first kappa shape index (κ1) is 22.3. The van der Waals surface area contributed by atoms with Crippen LogP contribution in [-0.4, -0.2) is 50.3 Å². The van der Waals surface area contributed by atoms with E-state index >= 15 is 0 Å². The Bertz CT molecular complexity index is 928. The quantitative estimate of drug-likeness (QED) is 0.406. The number of hydrogen-bond acceptors (Lipinski definition) is 6. The molecule has 1 aliphatic rings. The zero-order valence-corrected chi connectivity index (χ0v) is 17.0. The molecule has 0 aliphatic carbocycles. The lowest BCUT2D eigenvalue weighted by Gasteiger charge is -2.27. The number of anilines is 1. The van der Waals surface area contributed by atoms with E-state index < -0.39 is 10.7 Å². The van der Waals surface area contributed by atoms with Gasteiger partial charge in [-0.1, -0.05) is 18.2 Å². The molecule has 2 aromatic rings. The third kappa shape index (κ3) is 4.90. The van der Waals surface area contributed by atoms with Crippen molar-refractivity contribution in [2.45, 2.75) is 0 Å². The van der Waals surface area contributed by atoms with Crippen LogP contribution in [-0.2, 0) is 0 Å². The van der Waals surface area contributed by atoms with E-state index in [0.717, 1.165) is 13.1 Å². The van der Waals surface area contributed by atoms with Gasteiger partial charge in [-0.25, -0.2) is 0 Å². The standard InChI is InChI=1S/C20H22N4O4.ClH/c1-23(2)17-8-7-14(9-18(17)24(27)28)19(25)15-5-3-4-6-16(15)20(26)22-12-13-10-21-11-13;/h3-9,13,21H,10-12H2,1-2H3,(H,22,26);1H. The van der Waals surface area contributed by atoms with Gasteiger partial charge in [0, 0.05) is 56.8 Å². The Balaban J connectivity index is 0.00000300. The third-order valence-corrected chi connectivity index (χ3v) is 4.75. The van der Waals surface area contributed by atoms with Crippen LogP contribution in [0.1, 0.15) is 26.3 Å². The number of carbonyl (C=O) groups excluding carboxylic acids is 2. The van der Waals surface area contributed by atoms with Crippen LogP contribution in [0.15, 0.2) is 42.5 Å². The molecule has 29 heavy (non-hydrogen) atoms. The van der Waals surface area contributed by atoms with E-state index in [1.165, 1.54) is 12.1 Å². The van der Waals surface area contributed by atoms with Gasteiger partial charge in [-0.15, -0.1) is 12.4 Å². The van der Waals surface area contributed by atoms with Crippen LogP contribution in [0, 0.1) is 16.0 Å². The van der Waals surface area contributed by atoms with E-state index in [2.05, 4.69) is 10.6 Å². The van der Waals surface area contributed by atoms with Crippen LogP contribution in [0.5, 0.6) is 0 Å². The van der Waals surface area contributed by atoms with Gasteiger partial charge in [0.2, 0.25) is 0 Å². The number of rotatable bonds is 7. The summed E-state index contributed by atoms with van der Waals surface area (Å²) in [5.74, 6) is -0.354. The average Bonchev–Trinajstić information content (AvgIpc) is 2.65. The van der Waals surface area contributed by atoms with Crippen LogP contribution in [0.25, 0.3) is 0 Å². The second-order valence-corrected chi connectivity index (χ2v) is 6.96. The van der Waals surface area contributed by atoms with Crippen LogP contribution >= 0.6 is 12.4 Å². The number of nitrogens with one attached hydrogen (secondary N) is 2. The maximum atomic E-state index is 13.0. The summed E-state index contributed by atoms with van der Waals surface area (Å²) < 4.78 is 0. The highest BCUT2D eigenvalue weighted by Gasteiger charge is 2.23. The van der Waals surface area contributed by atoms with Crippen molar-refractivity contribution in [3.8, 4) is 0 Å². The van der Waals surface area contributed by atoms with Gasteiger partial charge in [0.25, 0.3) is 11.6 Å². The Morgan fingerprint density at radius 2 is 1.83 bits per heavy atom. The number of benzene rings is 2. The highest BCUT2D eigenvalue weighted by Crippen LogP contribution is 2.29. The third-order valence-electron chi connectivity index (χ3n) is 4.75. The Morgan fingerprint density at radius 1 is 1.17 bits per heavy atom. The van der Waals surface area contributed by atoms with Crippen molar-refractivity contribution in [3.05, 3.63) is 69.3 Å². The molecule has 0 aromatic heterocycles. The number of hydrogen-bond donors (Lipinski definition) is 2. The van der Waals surface area contributed by atoms with E-state index in [4.69, 9.17) is 0 Å². The minimum atomic E-state index is -0.516. The van der Waals surface area contributed by atoms with Crippen molar-refractivity contribution in [2.24, 2.45) is 5.92 Å². The van der Waals surface area contributed by atoms with E-state index in [9.17, 15) is 19.7 Å². The number of carbonyl (C=O) groups is 2. The molecule has 1 aliphatic heterocycles. The van der Waals surface area contributed by atoms with Gasteiger partial charge in [-0.3, -0.25) is 19.7 Å². The maximum absolute atomic E-state index is 13.0. The highest BCUT2D eigenvalue weighted by molar-refractivity contribution is 6.15. The number of nitrogens with zero attached hydrogens (tertiary/aromatic N) is 2. The number of amides is 1. The van der Waals surface area contributed by atoms with Gasteiger partial charge in [0.1, 0.15) is 5.69 Å². The second-order valence-electron chi connectivity index (χ2n) is 6.96. The van der Waals surface area contributed by atoms with E-state index in [1.54, 1.807) is 49.3 Å². The molecule has 2 N–H and O–H groups in total. The minimum Gasteiger partial charge on any atom is -0.372 e. The number of nitro groups is 1. The summed E-state index contributed by atoms with van der Waals surface area (Å²) in [6.07, 6.45) is 0. The van der Waals surface area contributed by atoms with Crippen molar-refractivity contribution in [3.63, 3.8) is 0 Å². The second kappa shape index (κ2) is 9.49. The zero-order valence-electron chi connectivity index (χ0n) is 16.2. The predicted octanol–water partition coefficient (Wildman–Crippen LogP) is 2.26. The van der Waals surface area contributed by atoms with Crippen LogP contribution in [0.3, 0.4) is 0 Å². The summed E-state index contributed by atoms with van der Waals surface area (Å²) in [5, 5.41) is 17.4. The van der Waals surface area contributed by atoms with Gasteiger partial charge in [-0.05, 0) is 18.2 Å². The largest absolute Gasteiger partial charge is 0.372 e. The molecule has 154 valence electrons. The zero-order chi connectivity index (χ0) is 20.3. The summed E-state index contributed by atoms with van der Waals surface area (Å²) >= 11 is 0. The average molecular weight is 419 g/mol. The molecule has 0 spiro atoms. The maximum Gasteiger partial charge on any atom is 0.293 e. The minimum absolute atomic E-state index is 0. The fourth-order valence-corrected chi connectivity index (χ4v) is 3.05. The molecule has 0 atom stereocenters. The van der Waals surface area contributed by atoms with Crippen molar-refractivity contribution < 1.29 is 14.5 Å². The summed E-state index contributed by atoms with van der Waals surface area (Å²) in [7, 11) is 3.39. The lowest BCUT2D eigenvalue weighted by molar-refractivity contribution is -0.384. The monoisotopic (exact) mass is 418 g/mol. The SMILES string of the molecule is CN(C)c1ccc(C(=O)c2ccccc2C(=O)NCC2CNC2)cc1[N+](=O)[O-].Cl. The molecule has 0 saturated carbocycles. The van der Waals surface area contributed by atoms with Crippen molar-refractivity contribution in [1.82, 2.24) is 10.6 Å². The summed E-state index contributed by atoms with van der Waals surface area (Å²) in [6.45, 7) is 2.27. The summed E-state index contributed by atoms with van der Waals surface area (Å²) in [5.41, 5.74) is 0.899. The molecule has 1 amide bonds. The van der Waals surface area contributed by atoms with E-state index in [0.29, 0.717) is 18.2 Å². The topological polar surface area (TPSA) is 105 Å². The lowest BCUT2D eigenvalue weighted by Crippen LogP contribution is -2.48. The van der Waals surface area contributed by atoms with E-state index in [-0.39, 0.29) is 40.7 Å². The molecule has 1 saturated heterocycles. The Kier molecular flexibility index (Phi) is 7.30. The normalized spacial score (nSPS) is 13.0. The van der Waals surface area contributed by atoms with Crippen molar-refractivity contribution in [2.75, 3.05) is 38.6 Å². The van der Waals surface area contributed by atoms with Crippen LogP contribution in [0.2, 0.25) is 0 Å². The molecule has 3 rings (SSSR count). The van der Waals surface area contributed by atoms with Crippen LogP contribution < -0.4 is 15.5 Å². The Hall–Kier alpha value is -2.97. The van der Waals surface area contributed by atoms with E-state index in [1.807, 2.05) is 0 Å². The van der Waals surface area contributed by atoms with Gasteiger partial charge >= 0.3 is 0 Å². The smallest absolute Gasteiger partial charge is 0.293 e. The summed E-state index contributed by atoms with van der Waals surface area (Å²) in [6, 6.07) is 10.8. The molecule has 0 unspecified atom stereocenters. The predicted molar refractivity (Wildman–Crippen MR) is 113 cm³/mol. The molecule has 1 fully saturated rings. The van der Waals surface area contributed by atoms with Gasteiger partial charge in [-0.2, -0.15) is 0 Å². The Labute approximate surface area is 174 Å². The number of nitro benzene ring substituents is 1. The fourth-order valence-electron chi connectivity index (χ4n) is 3.05. The highest BCUT2D eigenvalue weighted by atomic mass is 35.5.